The molecule has 1 atom stereocenters. The Balaban J connectivity index is 0.00000450. The van der Waals surface area contributed by atoms with Crippen molar-refractivity contribution < 1.29 is 21.9 Å². The van der Waals surface area contributed by atoms with Gasteiger partial charge in [0.25, 0.3) is 10.0 Å². The van der Waals surface area contributed by atoms with Crippen LogP contribution in [0.2, 0.25) is 0 Å². The van der Waals surface area contributed by atoms with Crippen molar-refractivity contribution in [3.05, 3.63) is 47.7 Å². The number of halogens is 3. The van der Waals surface area contributed by atoms with E-state index in [9.17, 15) is 17.2 Å². The van der Waals surface area contributed by atoms with Crippen molar-refractivity contribution in [1.29, 1.82) is 0 Å². The van der Waals surface area contributed by atoms with Crippen LogP contribution in [0.5, 0.6) is 5.88 Å². The number of pyridine rings is 1. The average molecular weight is 464 g/mol. The molecule has 0 bridgehead atoms. The molecule has 0 aliphatic heterocycles. The number of anilines is 1. The number of aromatic nitrogens is 1. The standard InChI is InChI=1S/C20H27F2N3O3S.ClH/c1-4-9-23-10-11-28-19-12-14(2)18(13-24-19)25-29(26,27)17-7-5-16(6-8-17)15(3)20(21)22;/h5-8,12-13,15,20,23,25H,4,9-11H2,1-3H3;1H/t15-;/m1./s1. The number of hydrogen-bond acceptors (Lipinski definition) is 5. The average Bonchev–Trinajstić information content (AvgIpc) is 2.69. The van der Waals surface area contributed by atoms with Crippen molar-refractivity contribution >= 4 is 28.1 Å². The van der Waals surface area contributed by atoms with E-state index in [1.165, 1.54) is 37.4 Å². The van der Waals surface area contributed by atoms with Gasteiger partial charge in [0.2, 0.25) is 12.3 Å². The van der Waals surface area contributed by atoms with Gasteiger partial charge in [-0.2, -0.15) is 0 Å². The molecule has 10 heteroatoms. The van der Waals surface area contributed by atoms with E-state index in [1.54, 1.807) is 13.0 Å². The Kier molecular flexibility index (Phi) is 10.4. The second-order valence-corrected chi connectivity index (χ2v) is 8.42. The largest absolute Gasteiger partial charge is 0.476 e. The Morgan fingerprint density at radius 2 is 1.83 bits per heavy atom. The van der Waals surface area contributed by atoms with Crippen LogP contribution < -0.4 is 14.8 Å². The first-order chi connectivity index (χ1) is 13.7. The van der Waals surface area contributed by atoms with Crippen molar-refractivity contribution in [3.8, 4) is 5.88 Å². The molecule has 1 heterocycles. The number of hydrogen-bond donors (Lipinski definition) is 2. The first-order valence-electron chi connectivity index (χ1n) is 9.45. The zero-order chi connectivity index (χ0) is 21.4. The van der Waals surface area contributed by atoms with Crippen molar-refractivity contribution in [2.45, 2.75) is 44.4 Å². The Bertz CT molecular complexity index is 897. The fraction of sp³-hybridized carbons (Fsp3) is 0.450. The Morgan fingerprint density at radius 1 is 1.17 bits per heavy atom. The lowest BCUT2D eigenvalue weighted by Gasteiger charge is -2.14. The van der Waals surface area contributed by atoms with Crippen LogP contribution in [0.15, 0.2) is 41.4 Å². The highest BCUT2D eigenvalue weighted by atomic mass is 35.5. The van der Waals surface area contributed by atoms with Crippen molar-refractivity contribution in [2.24, 2.45) is 0 Å². The second-order valence-electron chi connectivity index (χ2n) is 6.73. The van der Waals surface area contributed by atoms with E-state index in [2.05, 4.69) is 21.9 Å². The summed E-state index contributed by atoms with van der Waals surface area (Å²) in [6, 6.07) is 7.10. The molecule has 0 saturated carbocycles. The topological polar surface area (TPSA) is 80.3 Å². The predicted molar refractivity (Wildman–Crippen MR) is 117 cm³/mol. The van der Waals surface area contributed by atoms with E-state index < -0.39 is 22.4 Å². The van der Waals surface area contributed by atoms with Crippen LogP contribution in [-0.2, 0) is 10.0 Å². The van der Waals surface area contributed by atoms with Crippen LogP contribution >= 0.6 is 12.4 Å². The molecule has 0 unspecified atom stereocenters. The van der Waals surface area contributed by atoms with Gasteiger partial charge in [-0.3, -0.25) is 4.72 Å². The highest BCUT2D eigenvalue weighted by molar-refractivity contribution is 7.92. The third-order valence-corrected chi connectivity index (χ3v) is 5.76. The maximum Gasteiger partial charge on any atom is 0.261 e. The molecule has 168 valence electrons. The molecule has 0 radical (unpaired) electrons. The highest BCUT2D eigenvalue weighted by Gasteiger charge is 2.19. The molecule has 2 aromatic rings. The predicted octanol–water partition coefficient (Wildman–Crippen LogP) is 4.36. The van der Waals surface area contributed by atoms with E-state index in [1.807, 2.05) is 0 Å². The van der Waals surface area contributed by atoms with Gasteiger partial charge < -0.3 is 10.1 Å². The van der Waals surface area contributed by atoms with E-state index in [-0.39, 0.29) is 17.3 Å². The van der Waals surface area contributed by atoms with Gasteiger partial charge in [0, 0.05) is 18.5 Å². The summed E-state index contributed by atoms with van der Waals surface area (Å²) in [4.78, 5) is 4.12. The van der Waals surface area contributed by atoms with Gasteiger partial charge in [-0.25, -0.2) is 22.2 Å². The first-order valence-corrected chi connectivity index (χ1v) is 10.9. The van der Waals surface area contributed by atoms with Crippen LogP contribution in [0.4, 0.5) is 14.5 Å². The van der Waals surface area contributed by atoms with E-state index in [0.29, 0.717) is 35.8 Å². The molecule has 0 amide bonds. The fourth-order valence-electron chi connectivity index (χ4n) is 2.55. The van der Waals surface area contributed by atoms with Gasteiger partial charge in [0.15, 0.2) is 0 Å². The minimum absolute atomic E-state index is 0. The first kappa shape index (κ1) is 26.1. The summed E-state index contributed by atoms with van der Waals surface area (Å²) in [6.07, 6.45) is -0.0674. The van der Waals surface area contributed by atoms with Gasteiger partial charge in [-0.1, -0.05) is 26.0 Å². The fourth-order valence-corrected chi connectivity index (χ4v) is 3.66. The number of benzene rings is 1. The summed E-state index contributed by atoms with van der Waals surface area (Å²) < 4.78 is 58.8. The molecule has 0 aliphatic rings. The van der Waals surface area contributed by atoms with Gasteiger partial charge in [-0.05, 0) is 43.1 Å². The Labute approximate surface area is 182 Å². The Hall–Kier alpha value is -1.97. The van der Waals surface area contributed by atoms with Crippen LogP contribution in [0.3, 0.4) is 0 Å². The van der Waals surface area contributed by atoms with Crippen molar-refractivity contribution in [3.63, 3.8) is 0 Å². The number of nitrogens with one attached hydrogen (secondary N) is 2. The lowest BCUT2D eigenvalue weighted by Crippen LogP contribution is -2.21. The number of alkyl halides is 2. The van der Waals surface area contributed by atoms with Gasteiger partial charge >= 0.3 is 0 Å². The minimum Gasteiger partial charge on any atom is -0.476 e. The summed E-state index contributed by atoms with van der Waals surface area (Å²) in [5.74, 6) is -0.551. The quantitative estimate of drug-likeness (QED) is 0.484. The summed E-state index contributed by atoms with van der Waals surface area (Å²) in [6.45, 7) is 7.29. The molecule has 0 saturated heterocycles. The highest BCUT2D eigenvalue weighted by Crippen LogP contribution is 2.25. The summed E-state index contributed by atoms with van der Waals surface area (Å²) in [5.41, 5.74) is 1.36. The van der Waals surface area contributed by atoms with Crippen molar-refractivity contribution in [2.75, 3.05) is 24.4 Å². The van der Waals surface area contributed by atoms with E-state index >= 15 is 0 Å². The van der Waals surface area contributed by atoms with Crippen LogP contribution in [0.1, 0.15) is 37.3 Å². The van der Waals surface area contributed by atoms with Crippen molar-refractivity contribution in [1.82, 2.24) is 10.3 Å². The maximum atomic E-state index is 12.8. The summed E-state index contributed by atoms with van der Waals surface area (Å²) >= 11 is 0. The molecule has 0 aliphatic carbocycles. The molecule has 0 fully saturated rings. The lowest BCUT2D eigenvalue weighted by molar-refractivity contribution is 0.121. The third kappa shape index (κ3) is 7.37. The second kappa shape index (κ2) is 12.0. The van der Waals surface area contributed by atoms with Crippen LogP contribution in [0.25, 0.3) is 0 Å². The zero-order valence-electron chi connectivity index (χ0n) is 17.2. The third-order valence-electron chi connectivity index (χ3n) is 4.38. The van der Waals surface area contributed by atoms with E-state index in [0.717, 1.165) is 13.0 Å². The smallest absolute Gasteiger partial charge is 0.261 e. The number of ether oxygens (including phenoxy) is 1. The van der Waals surface area contributed by atoms with Crippen LogP contribution in [-0.4, -0.2) is 39.5 Å². The molecular weight excluding hydrogens is 436 g/mol. The number of aryl methyl sites for hydroxylation is 1. The molecule has 2 rings (SSSR count). The number of rotatable bonds is 11. The monoisotopic (exact) mass is 463 g/mol. The molecule has 30 heavy (non-hydrogen) atoms. The van der Waals surface area contributed by atoms with Gasteiger partial charge in [0.05, 0.1) is 16.8 Å². The SMILES string of the molecule is CCCNCCOc1cc(C)c(NS(=O)(=O)c2ccc([C@@H](C)C(F)F)cc2)cn1.Cl. The Morgan fingerprint density at radius 3 is 2.40 bits per heavy atom. The summed E-state index contributed by atoms with van der Waals surface area (Å²) in [5, 5.41) is 3.21. The maximum absolute atomic E-state index is 12.8. The molecular formula is C20H28ClF2N3O3S. The molecule has 0 spiro atoms. The zero-order valence-corrected chi connectivity index (χ0v) is 18.8. The van der Waals surface area contributed by atoms with Crippen LogP contribution in [0, 0.1) is 6.92 Å². The molecule has 6 nitrogen and oxygen atoms in total. The van der Waals surface area contributed by atoms with Gasteiger partial charge in [-0.15, -0.1) is 12.4 Å². The number of nitrogens with zero attached hydrogens (tertiary/aromatic N) is 1. The van der Waals surface area contributed by atoms with Gasteiger partial charge in [0.1, 0.15) is 6.61 Å². The molecule has 2 N–H and O–H groups in total. The van der Waals surface area contributed by atoms with E-state index in [4.69, 9.17) is 4.74 Å². The molecule has 1 aromatic carbocycles. The minimum atomic E-state index is -3.87. The normalized spacial score (nSPS) is 12.3. The molecule has 1 aromatic heterocycles. The lowest BCUT2D eigenvalue weighted by atomic mass is 10.0. The summed E-state index contributed by atoms with van der Waals surface area (Å²) in [7, 11) is -3.87. The number of sulfonamides is 1.